The third-order valence-electron chi connectivity index (χ3n) is 3.31. The Balaban J connectivity index is 1.74. The molecule has 1 saturated heterocycles. The fraction of sp³-hybridized carbons (Fsp3) is 0.500. The maximum atomic E-state index is 13.6. The van der Waals surface area contributed by atoms with Crippen molar-refractivity contribution < 1.29 is 9.18 Å². The van der Waals surface area contributed by atoms with Gasteiger partial charge in [0.1, 0.15) is 5.82 Å². The fourth-order valence-electron chi connectivity index (χ4n) is 2.28. The molecule has 1 aliphatic heterocycles. The number of carbonyl (C=O) groups is 1. The van der Waals surface area contributed by atoms with Crippen LogP contribution in [0.2, 0.25) is 0 Å². The Bertz CT molecular complexity index is 447. The highest BCUT2D eigenvalue weighted by molar-refractivity contribution is 9.10. The van der Waals surface area contributed by atoms with Crippen LogP contribution < -0.4 is 5.32 Å². The van der Waals surface area contributed by atoms with Gasteiger partial charge < -0.3 is 10.2 Å². The van der Waals surface area contributed by atoms with Gasteiger partial charge in [-0.05, 0) is 57.1 Å². The van der Waals surface area contributed by atoms with Crippen molar-refractivity contribution in [2.45, 2.75) is 19.3 Å². The summed E-state index contributed by atoms with van der Waals surface area (Å²) < 4.78 is 14.2. The molecule has 104 valence electrons. The van der Waals surface area contributed by atoms with E-state index < -0.39 is 5.82 Å². The quantitative estimate of drug-likeness (QED) is 0.843. The van der Waals surface area contributed by atoms with Crippen molar-refractivity contribution >= 4 is 21.8 Å². The lowest BCUT2D eigenvalue weighted by atomic mass is 10.2. The van der Waals surface area contributed by atoms with E-state index in [-0.39, 0.29) is 11.5 Å². The standard InChI is InChI=1S/C14H18BrFN2O/c15-11-4-5-12(13(16)10-11)14(19)17-6-3-9-18-7-1-2-8-18/h4-5,10H,1-3,6-9H2,(H,17,19). The first-order chi connectivity index (χ1) is 9.16. The van der Waals surface area contributed by atoms with Crippen LogP contribution in [-0.4, -0.2) is 37.0 Å². The Morgan fingerprint density at radius 3 is 2.79 bits per heavy atom. The molecule has 1 fully saturated rings. The van der Waals surface area contributed by atoms with Crippen LogP contribution in [0.3, 0.4) is 0 Å². The van der Waals surface area contributed by atoms with Crippen LogP contribution in [0.5, 0.6) is 0 Å². The second-order valence-corrected chi connectivity index (χ2v) is 5.70. The molecule has 1 aromatic carbocycles. The second kappa shape index (κ2) is 7.01. The van der Waals surface area contributed by atoms with Crippen LogP contribution in [0.4, 0.5) is 4.39 Å². The number of carbonyl (C=O) groups excluding carboxylic acids is 1. The molecule has 1 aliphatic rings. The smallest absolute Gasteiger partial charge is 0.254 e. The van der Waals surface area contributed by atoms with Crippen molar-refractivity contribution in [3.8, 4) is 0 Å². The molecular formula is C14H18BrFN2O. The van der Waals surface area contributed by atoms with E-state index in [9.17, 15) is 9.18 Å². The van der Waals surface area contributed by atoms with Gasteiger partial charge in [0.2, 0.25) is 0 Å². The zero-order chi connectivity index (χ0) is 13.7. The van der Waals surface area contributed by atoms with Gasteiger partial charge in [0.15, 0.2) is 0 Å². The van der Waals surface area contributed by atoms with Crippen LogP contribution >= 0.6 is 15.9 Å². The van der Waals surface area contributed by atoms with E-state index in [1.165, 1.54) is 25.0 Å². The third kappa shape index (κ3) is 4.28. The highest BCUT2D eigenvalue weighted by Gasteiger charge is 2.13. The topological polar surface area (TPSA) is 32.3 Å². The summed E-state index contributed by atoms with van der Waals surface area (Å²) in [5, 5.41) is 2.76. The summed E-state index contributed by atoms with van der Waals surface area (Å²) in [5.74, 6) is -0.835. The van der Waals surface area contributed by atoms with Gasteiger partial charge in [0.05, 0.1) is 5.56 Å². The lowest BCUT2D eigenvalue weighted by Crippen LogP contribution is -2.29. The van der Waals surface area contributed by atoms with E-state index in [2.05, 4.69) is 26.1 Å². The van der Waals surface area contributed by atoms with E-state index in [1.807, 2.05) is 0 Å². The third-order valence-corrected chi connectivity index (χ3v) is 3.80. The van der Waals surface area contributed by atoms with Crippen molar-refractivity contribution in [3.63, 3.8) is 0 Å². The van der Waals surface area contributed by atoms with Gasteiger partial charge in [0, 0.05) is 11.0 Å². The maximum Gasteiger partial charge on any atom is 0.254 e. The molecule has 0 radical (unpaired) electrons. The van der Waals surface area contributed by atoms with Crippen LogP contribution in [-0.2, 0) is 0 Å². The number of nitrogens with zero attached hydrogens (tertiary/aromatic N) is 1. The number of halogens is 2. The predicted octanol–water partition coefficient (Wildman–Crippen LogP) is 2.80. The highest BCUT2D eigenvalue weighted by atomic mass is 79.9. The van der Waals surface area contributed by atoms with Crippen LogP contribution in [0, 0.1) is 5.82 Å². The molecule has 0 saturated carbocycles. The maximum absolute atomic E-state index is 13.6. The average Bonchev–Trinajstić information content (AvgIpc) is 2.87. The Labute approximate surface area is 121 Å². The molecule has 0 atom stereocenters. The van der Waals surface area contributed by atoms with Crippen molar-refractivity contribution in [1.29, 1.82) is 0 Å². The minimum Gasteiger partial charge on any atom is -0.352 e. The molecule has 1 N–H and O–H groups in total. The summed E-state index contributed by atoms with van der Waals surface area (Å²) in [6.07, 6.45) is 3.46. The Hall–Kier alpha value is -0.940. The van der Waals surface area contributed by atoms with E-state index in [4.69, 9.17) is 0 Å². The number of amides is 1. The first kappa shape index (κ1) is 14.5. The van der Waals surface area contributed by atoms with Gasteiger partial charge in [-0.3, -0.25) is 4.79 Å². The molecule has 2 rings (SSSR count). The SMILES string of the molecule is O=C(NCCCN1CCCC1)c1ccc(Br)cc1F. The Kier molecular flexibility index (Phi) is 5.34. The summed E-state index contributed by atoms with van der Waals surface area (Å²) >= 11 is 3.17. The minimum atomic E-state index is -0.494. The molecule has 0 aliphatic carbocycles. The van der Waals surface area contributed by atoms with E-state index in [1.54, 1.807) is 6.07 Å². The van der Waals surface area contributed by atoms with Crippen LogP contribution in [0.25, 0.3) is 0 Å². The zero-order valence-corrected chi connectivity index (χ0v) is 12.4. The highest BCUT2D eigenvalue weighted by Crippen LogP contribution is 2.15. The first-order valence-corrected chi connectivity index (χ1v) is 7.42. The van der Waals surface area contributed by atoms with E-state index in [0.717, 1.165) is 26.1 Å². The van der Waals surface area contributed by atoms with Gasteiger partial charge in [0.25, 0.3) is 5.91 Å². The fourth-order valence-corrected chi connectivity index (χ4v) is 2.61. The van der Waals surface area contributed by atoms with Crippen LogP contribution in [0.15, 0.2) is 22.7 Å². The molecule has 1 amide bonds. The molecule has 0 spiro atoms. The summed E-state index contributed by atoms with van der Waals surface area (Å²) in [6, 6.07) is 4.47. The number of hydrogen-bond donors (Lipinski definition) is 1. The molecule has 1 heterocycles. The van der Waals surface area contributed by atoms with Gasteiger partial charge in [-0.2, -0.15) is 0 Å². The van der Waals surface area contributed by atoms with Gasteiger partial charge >= 0.3 is 0 Å². The molecule has 19 heavy (non-hydrogen) atoms. The monoisotopic (exact) mass is 328 g/mol. The first-order valence-electron chi connectivity index (χ1n) is 6.62. The molecule has 0 aromatic heterocycles. The lowest BCUT2D eigenvalue weighted by Gasteiger charge is -2.14. The summed E-state index contributed by atoms with van der Waals surface area (Å²) in [5.41, 5.74) is 0.101. The van der Waals surface area contributed by atoms with Crippen LogP contribution in [0.1, 0.15) is 29.6 Å². The second-order valence-electron chi connectivity index (χ2n) is 4.78. The number of benzene rings is 1. The number of nitrogens with one attached hydrogen (secondary N) is 1. The van der Waals surface area contributed by atoms with Crippen molar-refractivity contribution in [1.82, 2.24) is 10.2 Å². The average molecular weight is 329 g/mol. The zero-order valence-electron chi connectivity index (χ0n) is 10.8. The van der Waals surface area contributed by atoms with Gasteiger partial charge in [-0.1, -0.05) is 15.9 Å². The van der Waals surface area contributed by atoms with Gasteiger partial charge in [-0.15, -0.1) is 0 Å². The van der Waals surface area contributed by atoms with E-state index in [0.29, 0.717) is 11.0 Å². The summed E-state index contributed by atoms with van der Waals surface area (Å²) in [4.78, 5) is 14.2. The Morgan fingerprint density at radius 1 is 1.37 bits per heavy atom. The molecule has 0 unspecified atom stereocenters. The minimum absolute atomic E-state index is 0.101. The van der Waals surface area contributed by atoms with Crippen molar-refractivity contribution in [2.75, 3.05) is 26.2 Å². The van der Waals surface area contributed by atoms with Crippen molar-refractivity contribution in [3.05, 3.63) is 34.1 Å². The molecule has 1 aromatic rings. The van der Waals surface area contributed by atoms with Gasteiger partial charge in [-0.25, -0.2) is 4.39 Å². The Morgan fingerprint density at radius 2 is 2.11 bits per heavy atom. The molecular weight excluding hydrogens is 311 g/mol. The normalized spacial score (nSPS) is 15.7. The summed E-state index contributed by atoms with van der Waals surface area (Å²) in [7, 11) is 0. The molecule has 3 nitrogen and oxygen atoms in total. The predicted molar refractivity (Wildman–Crippen MR) is 76.7 cm³/mol. The lowest BCUT2D eigenvalue weighted by molar-refractivity contribution is 0.0948. The van der Waals surface area contributed by atoms with E-state index >= 15 is 0 Å². The number of likely N-dealkylation sites (tertiary alicyclic amines) is 1. The van der Waals surface area contributed by atoms with Crippen molar-refractivity contribution in [2.24, 2.45) is 0 Å². The number of rotatable bonds is 5. The number of hydrogen-bond acceptors (Lipinski definition) is 2. The molecule has 0 bridgehead atoms. The molecule has 5 heteroatoms. The summed E-state index contributed by atoms with van der Waals surface area (Å²) in [6.45, 7) is 3.92. The largest absolute Gasteiger partial charge is 0.352 e.